The van der Waals surface area contributed by atoms with Gasteiger partial charge in [-0.25, -0.2) is 4.79 Å². The topological polar surface area (TPSA) is 122 Å². The molecule has 2 aliphatic rings. The molecule has 3 aromatic rings. The van der Waals surface area contributed by atoms with Gasteiger partial charge in [-0.3, -0.25) is 9.59 Å². The summed E-state index contributed by atoms with van der Waals surface area (Å²) in [5, 5.41) is 22.6. The lowest BCUT2D eigenvalue weighted by Crippen LogP contribution is -2.33. The maximum absolute atomic E-state index is 13.0. The number of fused-ring (bicyclic) bond motifs is 6. The molecule has 0 saturated heterocycles. The molecule has 0 unspecified atom stereocenters. The largest absolute Gasteiger partial charge is 0.508 e. The van der Waals surface area contributed by atoms with Crippen LogP contribution in [0.25, 0.3) is 0 Å². The number of rotatable bonds is 4. The van der Waals surface area contributed by atoms with Crippen molar-refractivity contribution in [2.45, 2.75) is 12.0 Å². The summed E-state index contributed by atoms with van der Waals surface area (Å²) < 4.78 is 11.8. The van der Waals surface area contributed by atoms with Crippen molar-refractivity contribution in [2.24, 2.45) is 0 Å². The number of phenolic OH excluding ortho intramolecular Hbond substituents is 2. The van der Waals surface area contributed by atoms with Gasteiger partial charge in [0, 0.05) is 47.4 Å². The minimum absolute atomic E-state index is 0.0333. The van der Waals surface area contributed by atoms with E-state index in [2.05, 4.69) is 5.32 Å². The van der Waals surface area contributed by atoms with Crippen LogP contribution in [0.2, 0.25) is 0 Å². The van der Waals surface area contributed by atoms with Gasteiger partial charge in [0.05, 0.1) is 5.56 Å². The van der Waals surface area contributed by atoms with Gasteiger partial charge in [-0.05, 0) is 59.0 Å². The van der Waals surface area contributed by atoms with Crippen molar-refractivity contribution in [1.82, 2.24) is 5.32 Å². The summed E-state index contributed by atoms with van der Waals surface area (Å²) in [7, 11) is 0. The monoisotopic (exact) mass is 557 g/mol. The van der Waals surface area contributed by atoms with Gasteiger partial charge >= 0.3 is 5.97 Å². The summed E-state index contributed by atoms with van der Waals surface area (Å²) in [6.45, 7) is 0.192. The molecule has 3 N–H and O–H groups in total. The van der Waals surface area contributed by atoms with E-state index < -0.39 is 17.5 Å². The molecule has 3 aromatic carbocycles. The first-order chi connectivity index (χ1) is 15.8. The molecule has 0 radical (unpaired) electrons. The van der Waals surface area contributed by atoms with Crippen LogP contribution in [0.3, 0.4) is 0 Å². The van der Waals surface area contributed by atoms with Crippen LogP contribution in [0.15, 0.2) is 54.6 Å². The van der Waals surface area contributed by atoms with Gasteiger partial charge in [0.2, 0.25) is 0 Å². The summed E-state index contributed by atoms with van der Waals surface area (Å²) in [4.78, 5) is 36.7. The Kier molecular flexibility index (Phi) is 5.00. The minimum Gasteiger partial charge on any atom is -0.508 e. The molecule has 1 spiro atoms. The predicted octanol–water partition coefficient (Wildman–Crippen LogP) is 3.75. The first-order valence-corrected chi connectivity index (χ1v) is 11.1. The molecule has 0 saturated carbocycles. The Bertz CT molecular complexity index is 1300. The highest BCUT2D eigenvalue weighted by atomic mass is 127. The molecule has 1 amide bonds. The van der Waals surface area contributed by atoms with Crippen molar-refractivity contribution in [3.8, 4) is 23.0 Å². The minimum atomic E-state index is -1.38. The third-order valence-electron chi connectivity index (χ3n) is 5.64. The molecule has 2 heterocycles. The lowest BCUT2D eigenvalue weighted by atomic mass is 9.77. The zero-order valence-corrected chi connectivity index (χ0v) is 19.1. The van der Waals surface area contributed by atoms with Gasteiger partial charge in [0.1, 0.15) is 23.0 Å². The number of nitrogens with one attached hydrogen (secondary N) is 1. The Morgan fingerprint density at radius 2 is 1.52 bits per heavy atom. The number of benzene rings is 3. The molecule has 166 valence electrons. The molecule has 9 heteroatoms. The molecule has 0 bridgehead atoms. The summed E-state index contributed by atoms with van der Waals surface area (Å²) in [6.07, 6.45) is 0.204. The van der Waals surface area contributed by atoms with E-state index in [-0.39, 0.29) is 50.9 Å². The van der Waals surface area contributed by atoms with Crippen LogP contribution in [0, 0.1) is 0 Å². The van der Waals surface area contributed by atoms with Crippen molar-refractivity contribution in [3.05, 3.63) is 82.4 Å². The van der Waals surface area contributed by atoms with Crippen LogP contribution >= 0.6 is 22.6 Å². The first-order valence-electron chi connectivity index (χ1n) is 9.99. The Hall–Kier alpha value is -3.60. The maximum Gasteiger partial charge on any atom is 0.340 e. The van der Waals surface area contributed by atoms with Crippen LogP contribution in [0.4, 0.5) is 0 Å². The Morgan fingerprint density at radius 3 is 2.12 bits per heavy atom. The summed E-state index contributed by atoms with van der Waals surface area (Å²) in [6, 6.07) is 13.7. The van der Waals surface area contributed by atoms with E-state index in [1.165, 1.54) is 30.3 Å². The Labute approximate surface area is 201 Å². The van der Waals surface area contributed by atoms with Crippen molar-refractivity contribution >= 4 is 38.3 Å². The zero-order valence-electron chi connectivity index (χ0n) is 16.9. The van der Waals surface area contributed by atoms with Gasteiger partial charge in [-0.2, -0.15) is 0 Å². The molecular weight excluding hydrogens is 541 g/mol. The summed E-state index contributed by atoms with van der Waals surface area (Å²) in [5.74, 6) is -0.546. The number of esters is 1. The lowest BCUT2D eigenvalue weighted by molar-refractivity contribution is -0.109. The molecule has 33 heavy (non-hydrogen) atoms. The lowest BCUT2D eigenvalue weighted by Gasteiger charge is -2.36. The Morgan fingerprint density at radius 1 is 0.909 bits per heavy atom. The average Bonchev–Trinajstić information content (AvgIpc) is 3.05. The number of halogens is 1. The highest BCUT2D eigenvalue weighted by Crippen LogP contribution is 2.57. The van der Waals surface area contributed by atoms with E-state index in [4.69, 9.17) is 9.47 Å². The van der Waals surface area contributed by atoms with Crippen LogP contribution in [0.1, 0.15) is 43.8 Å². The fourth-order valence-electron chi connectivity index (χ4n) is 4.22. The fourth-order valence-corrected chi connectivity index (χ4v) is 4.49. The van der Waals surface area contributed by atoms with E-state index in [0.29, 0.717) is 16.7 Å². The molecular formula is C24H16INO7. The van der Waals surface area contributed by atoms with Crippen molar-refractivity contribution in [3.63, 3.8) is 0 Å². The van der Waals surface area contributed by atoms with E-state index in [0.717, 1.165) is 0 Å². The predicted molar refractivity (Wildman–Crippen MR) is 124 cm³/mol. The summed E-state index contributed by atoms with van der Waals surface area (Å²) in [5.41, 5.74) is 0.611. The average molecular weight is 557 g/mol. The summed E-state index contributed by atoms with van der Waals surface area (Å²) >= 11 is 1.66. The van der Waals surface area contributed by atoms with Crippen molar-refractivity contribution < 1.29 is 34.1 Å². The molecule has 8 nitrogen and oxygen atoms in total. The maximum atomic E-state index is 13.0. The highest BCUT2D eigenvalue weighted by Gasteiger charge is 2.53. The van der Waals surface area contributed by atoms with Gasteiger partial charge in [-0.1, -0.05) is 6.07 Å². The van der Waals surface area contributed by atoms with E-state index >= 15 is 0 Å². The number of phenols is 2. The molecule has 2 aliphatic heterocycles. The Balaban J connectivity index is 1.64. The zero-order chi connectivity index (χ0) is 23.3. The van der Waals surface area contributed by atoms with Gasteiger partial charge in [0.25, 0.3) is 5.91 Å². The SMILES string of the molecule is O=C(I)CCNC(=O)c1ccc2c(c1)C(=O)OC21c2ccc(O)cc2Oc2cc(O)ccc21. The number of aromatic hydroxyl groups is 2. The number of hydrogen-bond acceptors (Lipinski definition) is 7. The fraction of sp³-hybridized carbons (Fsp3) is 0.125. The smallest absolute Gasteiger partial charge is 0.340 e. The highest BCUT2D eigenvalue weighted by molar-refractivity contribution is 14.1. The van der Waals surface area contributed by atoms with Gasteiger partial charge < -0.3 is 25.0 Å². The molecule has 0 aromatic heterocycles. The number of ether oxygens (including phenoxy) is 2. The number of carbonyl (C=O) groups excluding carboxylic acids is 3. The second kappa shape index (κ2) is 7.77. The molecule has 0 aliphatic carbocycles. The van der Waals surface area contributed by atoms with Gasteiger partial charge in [-0.15, -0.1) is 0 Å². The van der Waals surface area contributed by atoms with Crippen molar-refractivity contribution in [2.75, 3.05) is 6.54 Å². The molecule has 5 rings (SSSR count). The van der Waals surface area contributed by atoms with Crippen molar-refractivity contribution in [1.29, 1.82) is 0 Å². The second-order valence-electron chi connectivity index (χ2n) is 7.66. The van der Waals surface area contributed by atoms with Crippen LogP contribution in [0.5, 0.6) is 23.0 Å². The van der Waals surface area contributed by atoms with Crippen LogP contribution in [-0.2, 0) is 15.1 Å². The number of hydrogen-bond donors (Lipinski definition) is 3. The van der Waals surface area contributed by atoms with E-state index in [1.807, 2.05) is 0 Å². The van der Waals surface area contributed by atoms with Gasteiger partial charge in [0.15, 0.2) is 9.39 Å². The van der Waals surface area contributed by atoms with Crippen LogP contribution < -0.4 is 10.1 Å². The normalized spacial score (nSPS) is 14.5. The second-order valence-corrected chi connectivity index (χ2v) is 8.86. The number of carbonyl (C=O) groups is 3. The third-order valence-corrected chi connectivity index (χ3v) is 6.18. The quantitative estimate of drug-likeness (QED) is 0.254. The number of amides is 1. The van der Waals surface area contributed by atoms with E-state index in [1.54, 1.807) is 46.9 Å². The van der Waals surface area contributed by atoms with E-state index in [9.17, 15) is 24.6 Å². The third kappa shape index (κ3) is 3.39. The first kappa shape index (κ1) is 21.3. The molecule has 0 atom stereocenters. The van der Waals surface area contributed by atoms with Crippen LogP contribution in [-0.4, -0.2) is 32.4 Å². The standard InChI is InChI=1S/C24H16INO7/c25-21(29)7-8-26-22(30)12-1-4-16-15(9-12)23(31)33-24(16)17-5-2-13(27)10-19(17)32-20-11-14(28)3-6-18(20)24/h1-6,9-11,27-28H,7-8H2,(H,26,30). The molecule has 0 fully saturated rings.